The van der Waals surface area contributed by atoms with Crippen LogP contribution in [-0.4, -0.2) is 42.5 Å². The number of hydrogen-bond acceptors (Lipinski definition) is 6. The molecule has 28 heavy (non-hydrogen) atoms. The van der Waals surface area contributed by atoms with Crippen LogP contribution in [0.1, 0.15) is 49.8 Å². The van der Waals surface area contributed by atoms with Crippen molar-refractivity contribution >= 4 is 15.7 Å². The van der Waals surface area contributed by atoms with Crippen LogP contribution in [0.2, 0.25) is 0 Å². The van der Waals surface area contributed by atoms with E-state index in [9.17, 15) is 22.5 Å². The molecule has 2 aromatic rings. The van der Waals surface area contributed by atoms with Gasteiger partial charge in [-0.3, -0.25) is 0 Å². The fraction of sp³-hybridized carbons (Fsp3) is 0.500. The molecule has 0 atom stereocenters. The van der Waals surface area contributed by atoms with E-state index in [-0.39, 0.29) is 22.4 Å². The summed E-state index contributed by atoms with van der Waals surface area (Å²) in [5.41, 5.74) is -0.448. The fourth-order valence-electron chi connectivity index (χ4n) is 3.55. The molecule has 1 aliphatic rings. The lowest BCUT2D eigenvalue weighted by Crippen LogP contribution is -2.35. The molecule has 0 amide bonds. The summed E-state index contributed by atoms with van der Waals surface area (Å²) < 4.78 is 51.5. The molecule has 0 unspecified atom stereocenters. The minimum absolute atomic E-state index is 0.116. The van der Waals surface area contributed by atoms with Crippen LogP contribution in [0, 0.1) is 11.3 Å². The van der Waals surface area contributed by atoms with Crippen LogP contribution in [0.5, 0.6) is 0 Å². The van der Waals surface area contributed by atoms with E-state index in [1.54, 1.807) is 7.05 Å². The highest BCUT2D eigenvalue weighted by atomic mass is 32.2. The smallest absolute Gasteiger partial charge is 0.283 e. The average Bonchev–Trinajstić information content (AvgIpc) is 3.07. The number of rotatable bonds is 5. The van der Waals surface area contributed by atoms with Crippen molar-refractivity contribution < 1.29 is 17.2 Å². The number of hydrogen-bond donors (Lipinski definition) is 0. The summed E-state index contributed by atoms with van der Waals surface area (Å²) in [5, 5.41) is 13.4. The molecule has 2 heterocycles. The average molecular weight is 409 g/mol. The van der Waals surface area contributed by atoms with Crippen molar-refractivity contribution in [2.75, 3.05) is 18.2 Å². The number of alkyl halides is 2. The van der Waals surface area contributed by atoms with E-state index < -0.39 is 22.0 Å². The molecule has 3 rings (SSSR count). The number of halogens is 2. The van der Waals surface area contributed by atoms with Crippen LogP contribution < -0.4 is 4.90 Å². The minimum Gasteiger partial charge on any atom is -0.355 e. The van der Waals surface area contributed by atoms with Gasteiger partial charge in [0.05, 0.1) is 11.9 Å². The second-order valence-electron chi connectivity index (χ2n) is 6.94. The van der Waals surface area contributed by atoms with Gasteiger partial charge in [-0.05, 0) is 25.0 Å². The normalized spacial score (nSPS) is 15.6. The second-order valence-corrected chi connectivity index (χ2v) is 8.90. The molecule has 0 aliphatic heterocycles. The minimum atomic E-state index is -3.49. The van der Waals surface area contributed by atoms with Gasteiger partial charge in [-0.1, -0.05) is 19.3 Å². The molecule has 0 saturated heterocycles. The van der Waals surface area contributed by atoms with Crippen molar-refractivity contribution in [1.82, 2.24) is 14.8 Å². The Bertz CT molecular complexity index is 990. The molecule has 0 bridgehead atoms. The first-order valence-corrected chi connectivity index (χ1v) is 10.8. The van der Waals surface area contributed by atoms with E-state index in [0.717, 1.165) is 38.4 Å². The van der Waals surface area contributed by atoms with E-state index in [1.807, 2.05) is 11.0 Å². The summed E-state index contributed by atoms with van der Waals surface area (Å²) in [6, 6.07) is 4.73. The predicted octanol–water partition coefficient (Wildman–Crippen LogP) is 3.25. The molecule has 1 aliphatic carbocycles. The number of sulfone groups is 1. The van der Waals surface area contributed by atoms with E-state index in [1.165, 1.54) is 23.0 Å². The molecule has 0 radical (unpaired) electrons. The molecule has 0 aromatic carbocycles. The first-order chi connectivity index (χ1) is 13.2. The Morgan fingerprint density at radius 2 is 1.96 bits per heavy atom. The fourth-order valence-corrected chi connectivity index (χ4v) is 4.11. The Morgan fingerprint density at radius 1 is 1.29 bits per heavy atom. The third-order valence-corrected chi connectivity index (χ3v) is 6.01. The maximum absolute atomic E-state index is 13.5. The van der Waals surface area contributed by atoms with Crippen molar-refractivity contribution in [3.8, 4) is 11.8 Å². The van der Waals surface area contributed by atoms with Gasteiger partial charge in [0.1, 0.15) is 17.3 Å². The Balaban J connectivity index is 2.13. The van der Waals surface area contributed by atoms with E-state index in [0.29, 0.717) is 5.69 Å². The maximum Gasteiger partial charge on any atom is 0.283 e. The second kappa shape index (κ2) is 7.83. The van der Waals surface area contributed by atoms with Crippen LogP contribution in [0.3, 0.4) is 0 Å². The maximum atomic E-state index is 13.5. The molecule has 1 saturated carbocycles. The summed E-state index contributed by atoms with van der Waals surface area (Å²) in [7, 11) is -1.71. The van der Waals surface area contributed by atoms with Gasteiger partial charge in [0.15, 0.2) is 20.7 Å². The molecule has 0 N–H and O–H groups in total. The summed E-state index contributed by atoms with van der Waals surface area (Å²) in [6.07, 6.45) is 4.41. The summed E-state index contributed by atoms with van der Waals surface area (Å²) in [5.74, 6) is 0.276. The number of nitriles is 1. The molecule has 2 aromatic heterocycles. The lowest BCUT2D eigenvalue weighted by atomic mass is 9.94. The van der Waals surface area contributed by atoms with Gasteiger partial charge in [0.25, 0.3) is 6.43 Å². The highest BCUT2D eigenvalue weighted by Gasteiger charge is 2.30. The number of pyridine rings is 1. The van der Waals surface area contributed by atoms with Crippen LogP contribution >= 0.6 is 0 Å². The summed E-state index contributed by atoms with van der Waals surface area (Å²) in [6.45, 7) is 0. The standard InChI is InChI=1S/C18H21F2N5O2S/c1-24(12-6-4-3-5-7-12)18-14(10-21)16(17(19)20)23-25(18)13-8-9-15(22-11-13)28(2,26)27/h8-9,11-12,17H,3-7H2,1-2H3. The number of aromatic nitrogens is 3. The third-order valence-electron chi connectivity index (χ3n) is 5.01. The zero-order valence-corrected chi connectivity index (χ0v) is 16.5. The molecule has 10 heteroatoms. The van der Waals surface area contributed by atoms with Crippen molar-refractivity contribution in [3.63, 3.8) is 0 Å². The van der Waals surface area contributed by atoms with Gasteiger partial charge < -0.3 is 4.90 Å². The van der Waals surface area contributed by atoms with Crippen molar-refractivity contribution in [2.45, 2.75) is 49.6 Å². The molecular weight excluding hydrogens is 388 g/mol. The highest BCUT2D eigenvalue weighted by Crippen LogP contribution is 2.35. The van der Waals surface area contributed by atoms with Gasteiger partial charge in [-0.2, -0.15) is 10.4 Å². The van der Waals surface area contributed by atoms with Gasteiger partial charge >= 0.3 is 0 Å². The van der Waals surface area contributed by atoms with Crippen molar-refractivity contribution in [1.29, 1.82) is 5.26 Å². The van der Waals surface area contributed by atoms with Gasteiger partial charge in [0, 0.05) is 19.3 Å². The Labute approximate surface area is 162 Å². The van der Waals surface area contributed by atoms with Crippen LogP contribution in [0.4, 0.5) is 14.6 Å². The molecule has 7 nitrogen and oxygen atoms in total. The largest absolute Gasteiger partial charge is 0.355 e. The lowest BCUT2D eigenvalue weighted by molar-refractivity contribution is 0.145. The summed E-state index contributed by atoms with van der Waals surface area (Å²) in [4.78, 5) is 5.75. The van der Waals surface area contributed by atoms with E-state index in [4.69, 9.17) is 0 Å². The first kappa shape index (κ1) is 20.2. The molecular formula is C18H21F2N5O2S. The first-order valence-electron chi connectivity index (χ1n) is 8.94. The predicted molar refractivity (Wildman–Crippen MR) is 99.4 cm³/mol. The molecule has 150 valence electrons. The third kappa shape index (κ3) is 3.85. The molecule has 0 spiro atoms. The Morgan fingerprint density at radius 3 is 2.46 bits per heavy atom. The van der Waals surface area contributed by atoms with Gasteiger partial charge in [-0.25, -0.2) is 26.9 Å². The SMILES string of the molecule is CN(c1c(C#N)c(C(F)F)nn1-c1ccc(S(C)(=O)=O)nc1)C1CCCCC1. The highest BCUT2D eigenvalue weighted by molar-refractivity contribution is 7.90. The number of anilines is 1. The van der Waals surface area contributed by atoms with Crippen molar-refractivity contribution in [2.24, 2.45) is 0 Å². The lowest BCUT2D eigenvalue weighted by Gasteiger charge is -2.33. The number of nitrogens with zero attached hydrogens (tertiary/aromatic N) is 5. The van der Waals surface area contributed by atoms with Crippen LogP contribution in [-0.2, 0) is 9.84 Å². The van der Waals surface area contributed by atoms with E-state index in [2.05, 4.69) is 10.1 Å². The monoisotopic (exact) mass is 409 g/mol. The van der Waals surface area contributed by atoms with E-state index >= 15 is 0 Å². The summed E-state index contributed by atoms with van der Waals surface area (Å²) >= 11 is 0. The zero-order valence-electron chi connectivity index (χ0n) is 15.6. The van der Waals surface area contributed by atoms with Gasteiger partial charge in [-0.15, -0.1) is 0 Å². The van der Waals surface area contributed by atoms with Crippen LogP contribution in [0.15, 0.2) is 23.4 Å². The van der Waals surface area contributed by atoms with Crippen LogP contribution in [0.25, 0.3) is 5.69 Å². The molecule has 1 fully saturated rings. The zero-order chi connectivity index (χ0) is 20.5. The Kier molecular flexibility index (Phi) is 5.65. The Hall–Kier alpha value is -2.54. The van der Waals surface area contributed by atoms with Crippen molar-refractivity contribution in [3.05, 3.63) is 29.6 Å². The quantitative estimate of drug-likeness (QED) is 0.753. The van der Waals surface area contributed by atoms with Gasteiger partial charge in [0.2, 0.25) is 0 Å². The topological polar surface area (TPSA) is 91.9 Å².